The van der Waals surface area contributed by atoms with Gasteiger partial charge in [0.25, 0.3) is 0 Å². The van der Waals surface area contributed by atoms with Gasteiger partial charge in [0.15, 0.2) is 5.52 Å². The van der Waals surface area contributed by atoms with Crippen LogP contribution in [0.3, 0.4) is 0 Å². The van der Waals surface area contributed by atoms with Crippen molar-refractivity contribution in [2.45, 2.75) is 42.9 Å². The summed E-state index contributed by atoms with van der Waals surface area (Å²) in [5.41, 5.74) is 3.47. The zero-order valence-electron chi connectivity index (χ0n) is 13.6. The van der Waals surface area contributed by atoms with Gasteiger partial charge in [-0.3, -0.25) is 4.79 Å². The van der Waals surface area contributed by atoms with Crippen molar-refractivity contribution in [1.29, 1.82) is 0 Å². The van der Waals surface area contributed by atoms with E-state index >= 15 is 0 Å². The molecule has 3 aliphatic rings. The van der Waals surface area contributed by atoms with Gasteiger partial charge in [0.05, 0.1) is 0 Å². The molecule has 0 saturated heterocycles. The van der Waals surface area contributed by atoms with E-state index in [9.17, 15) is 9.18 Å². The molecule has 0 bridgehead atoms. The minimum Gasteiger partial charge on any atom is -0.289 e. The highest BCUT2D eigenvalue weighted by atomic mass is 31.1. The maximum atomic E-state index is 14.5. The lowest BCUT2D eigenvalue weighted by molar-refractivity contribution is 0.107. The average Bonchev–Trinajstić information content (AvgIpc) is 3.52. The van der Waals surface area contributed by atoms with Gasteiger partial charge in [-0.05, 0) is 62.6 Å². The van der Waals surface area contributed by atoms with Gasteiger partial charge in [-0.1, -0.05) is 48.5 Å². The number of fused-ring (bicyclic) bond motifs is 2. The average molecular weight is 338 g/mol. The normalized spacial score (nSPS) is 25.4. The summed E-state index contributed by atoms with van der Waals surface area (Å²) in [6.45, 7) is 0. The van der Waals surface area contributed by atoms with Crippen molar-refractivity contribution in [2.75, 3.05) is 6.16 Å². The highest BCUT2D eigenvalue weighted by molar-refractivity contribution is 7.75. The van der Waals surface area contributed by atoms with Gasteiger partial charge in [-0.2, -0.15) is 0 Å². The summed E-state index contributed by atoms with van der Waals surface area (Å²) in [4.78, 5) is 13.0. The SMILES string of the molecule is O=C1c2ccc(C3(F)CC3)cc2C2(CC2)CP1Cc1ccccc1. The number of benzene rings is 2. The van der Waals surface area contributed by atoms with Crippen molar-refractivity contribution in [1.82, 2.24) is 0 Å². The van der Waals surface area contributed by atoms with Gasteiger partial charge in [0.2, 0.25) is 0 Å². The fourth-order valence-corrected chi connectivity index (χ4v) is 6.85. The molecule has 2 aliphatic carbocycles. The van der Waals surface area contributed by atoms with Gasteiger partial charge in [-0.15, -0.1) is 0 Å². The summed E-state index contributed by atoms with van der Waals surface area (Å²) in [6.07, 6.45) is 5.45. The van der Waals surface area contributed by atoms with E-state index in [1.165, 1.54) is 5.56 Å². The smallest absolute Gasteiger partial charge is 0.184 e. The van der Waals surface area contributed by atoms with Crippen molar-refractivity contribution in [3.8, 4) is 0 Å². The van der Waals surface area contributed by atoms with Crippen LogP contribution in [0.15, 0.2) is 48.5 Å². The molecule has 2 aromatic carbocycles. The Hall–Kier alpha value is -1.53. The highest BCUT2D eigenvalue weighted by Crippen LogP contribution is 2.63. The lowest BCUT2D eigenvalue weighted by atomic mass is 9.89. The summed E-state index contributed by atoms with van der Waals surface area (Å²) >= 11 is 0. The Bertz CT molecular complexity index is 821. The molecule has 1 spiro atoms. The van der Waals surface area contributed by atoms with Crippen molar-refractivity contribution in [3.63, 3.8) is 0 Å². The number of carbonyl (C=O) groups excluding carboxylic acids is 1. The third kappa shape index (κ3) is 2.27. The minimum absolute atomic E-state index is 0.172. The van der Waals surface area contributed by atoms with Crippen LogP contribution in [-0.4, -0.2) is 11.7 Å². The van der Waals surface area contributed by atoms with Crippen molar-refractivity contribution in [3.05, 3.63) is 70.8 Å². The Labute approximate surface area is 143 Å². The minimum atomic E-state index is -1.11. The van der Waals surface area contributed by atoms with Gasteiger partial charge in [0.1, 0.15) is 5.67 Å². The Morgan fingerprint density at radius 3 is 2.42 bits per heavy atom. The number of halogens is 1. The monoisotopic (exact) mass is 338 g/mol. The number of rotatable bonds is 3. The second-order valence-electron chi connectivity index (χ2n) is 7.65. The van der Waals surface area contributed by atoms with E-state index in [0.29, 0.717) is 18.4 Å². The standard InChI is InChI=1S/C21H20FOP/c22-21(10-11-21)16-6-7-17-18(12-16)20(8-9-20)14-24(19(17)23)13-15-4-2-1-3-5-15/h1-7,12H,8-11,13-14H2. The molecular formula is C21H20FOP. The van der Waals surface area contributed by atoms with Crippen LogP contribution in [0.1, 0.15) is 52.7 Å². The van der Waals surface area contributed by atoms with Crippen LogP contribution < -0.4 is 0 Å². The first-order valence-corrected chi connectivity index (χ1v) is 10.5. The fraction of sp³-hybridized carbons (Fsp3) is 0.381. The second kappa shape index (κ2) is 4.99. The summed E-state index contributed by atoms with van der Waals surface area (Å²) in [7, 11) is -0.676. The number of hydrogen-bond acceptors (Lipinski definition) is 1. The van der Waals surface area contributed by atoms with Crippen LogP contribution in [-0.2, 0) is 17.2 Å². The molecule has 5 rings (SSSR count). The predicted molar refractivity (Wildman–Crippen MR) is 95.6 cm³/mol. The quantitative estimate of drug-likeness (QED) is 0.674. The van der Waals surface area contributed by atoms with E-state index < -0.39 is 13.6 Å². The molecule has 2 saturated carbocycles. The Kier molecular flexibility index (Phi) is 3.07. The molecule has 1 nitrogen and oxygen atoms in total. The lowest BCUT2D eigenvalue weighted by Gasteiger charge is -2.31. The molecule has 0 aromatic heterocycles. The molecule has 1 aliphatic heterocycles. The Morgan fingerprint density at radius 2 is 1.75 bits per heavy atom. The van der Waals surface area contributed by atoms with Gasteiger partial charge in [0, 0.05) is 11.0 Å². The molecule has 1 unspecified atom stereocenters. The van der Waals surface area contributed by atoms with Crippen LogP contribution in [0.4, 0.5) is 4.39 Å². The van der Waals surface area contributed by atoms with E-state index in [-0.39, 0.29) is 5.41 Å². The number of alkyl halides is 1. The fourth-order valence-electron chi connectivity index (χ4n) is 4.05. The first-order chi connectivity index (χ1) is 11.6. The highest BCUT2D eigenvalue weighted by Gasteiger charge is 2.53. The van der Waals surface area contributed by atoms with Crippen LogP contribution in [0.2, 0.25) is 0 Å². The first kappa shape index (κ1) is 14.8. The van der Waals surface area contributed by atoms with E-state index in [4.69, 9.17) is 0 Å². The third-order valence-corrected chi connectivity index (χ3v) is 8.43. The molecule has 2 aromatic rings. The van der Waals surface area contributed by atoms with Crippen LogP contribution in [0.25, 0.3) is 0 Å². The Morgan fingerprint density at radius 1 is 1.00 bits per heavy atom. The van der Waals surface area contributed by atoms with E-state index in [2.05, 4.69) is 12.1 Å². The van der Waals surface area contributed by atoms with Gasteiger partial charge in [-0.25, -0.2) is 4.39 Å². The molecule has 122 valence electrons. The maximum absolute atomic E-state index is 14.5. The van der Waals surface area contributed by atoms with Crippen LogP contribution in [0, 0.1) is 0 Å². The first-order valence-electron chi connectivity index (χ1n) is 8.77. The van der Waals surface area contributed by atoms with Gasteiger partial charge < -0.3 is 0 Å². The summed E-state index contributed by atoms with van der Waals surface area (Å²) in [5.74, 6) is 0. The zero-order valence-corrected chi connectivity index (χ0v) is 14.5. The van der Waals surface area contributed by atoms with E-state index in [1.54, 1.807) is 0 Å². The molecule has 1 heterocycles. The molecular weight excluding hydrogens is 318 g/mol. The summed E-state index contributed by atoms with van der Waals surface area (Å²) in [6, 6.07) is 16.2. The van der Waals surface area contributed by atoms with Crippen LogP contribution in [0.5, 0.6) is 0 Å². The summed E-state index contributed by atoms with van der Waals surface area (Å²) in [5, 5.41) is 0. The predicted octanol–water partition coefficient (Wildman–Crippen LogP) is 5.51. The Balaban J connectivity index is 1.51. The lowest BCUT2D eigenvalue weighted by Crippen LogP contribution is -2.25. The third-order valence-electron chi connectivity index (χ3n) is 5.88. The number of carbonyl (C=O) groups is 1. The molecule has 0 N–H and O–H groups in total. The summed E-state index contributed by atoms with van der Waals surface area (Å²) < 4.78 is 14.5. The maximum Gasteiger partial charge on any atom is 0.184 e. The molecule has 24 heavy (non-hydrogen) atoms. The molecule has 2 fully saturated rings. The van der Waals surface area contributed by atoms with E-state index in [1.807, 2.05) is 36.4 Å². The second-order valence-corrected chi connectivity index (χ2v) is 9.77. The zero-order chi connectivity index (χ0) is 16.4. The molecule has 3 heteroatoms. The van der Waals surface area contributed by atoms with Crippen molar-refractivity contribution in [2.24, 2.45) is 0 Å². The topological polar surface area (TPSA) is 17.1 Å². The van der Waals surface area contributed by atoms with Crippen LogP contribution >= 0.6 is 7.92 Å². The van der Waals surface area contributed by atoms with Crippen molar-refractivity contribution < 1.29 is 9.18 Å². The van der Waals surface area contributed by atoms with E-state index in [0.717, 1.165) is 41.9 Å². The molecule has 0 amide bonds. The number of hydrogen-bond donors (Lipinski definition) is 0. The largest absolute Gasteiger partial charge is 0.289 e. The van der Waals surface area contributed by atoms with Gasteiger partial charge >= 0.3 is 0 Å². The molecule has 1 atom stereocenters. The van der Waals surface area contributed by atoms with Crippen molar-refractivity contribution >= 4 is 13.4 Å². The molecule has 0 radical (unpaired) electrons.